The molecule has 0 aromatic heterocycles. The fraction of sp³-hybridized carbons (Fsp3) is 0.321. The van der Waals surface area contributed by atoms with Gasteiger partial charge in [0.15, 0.2) is 0 Å². The number of benzene rings is 5. The van der Waals surface area contributed by atoms with Gasteiger partial charge in [-0.15, -0.1) is 0 Å². The first-order valence-electron chi connectivity index (χ1n) is 22.1. The Balaban J connectivity index is 0.898. The average Bonchev–Trinajstić information content (AvgIpc) is 3.99. The molecule has 2 nitrogen and oxygen atoms in total. The summed E-state index contributed by atoms with van der Waals surface area (Å²) < 4.78 is 0. The third kappa shape index (κ3) is 5.65. The summed E-state index contributed by atoms with van der Waals surface area (Å²) in [6.07, 6.45) is 26.4. The van der Waals surface area contributed by atoms with E-state index in [0.717, 1.165) is 12.8 Å². The zero-order valence-corrected chi connectivity index (χ0v) is 35.2. The zero-order chi connectivity index (χ0) is 39.6. The monoisotopic (exact) mass is 758 g/mol. The lowest BCUT2D eigenvalue weighted by molar-refractivity contribution is 0.528. The SMILES string of the molecule is CC/C=C1\C(=C/C/C=C/c2ccc3c(c2)N(C)c2ccccc2C32CCCC2)C(C)(C)c2cc(/C=C/c3ccc4c(c3)N(C)c3ccccc3C43CCCC3)ccc21. The molecule has 10 rings (SSSR count). The third-order valence-corrected chi connectivity index (χ3v) is 14.9. The number of para-hydroxylation sites is 2. The maximum atomic E-state index is 2.49. The van der Waals surface area contributed by atoms with E-state index < -0.39 is 0 Å². The third-order valence-electron chi connectivity index (χ3n) is 14.9. The van der Waals surface area contributed by atoms with Crippen LogP contribution in [-0.4, -0.2) is 14.1 Å². The molecule has 2 saturated carbocycles. The minimum Gasteiger partial charge on any atom is -0.344 e. The summed E-state index contributed by atoms with van der Waals surface area (Å²) in [5, 5.41) is 0. The van der Waals surface area contributed by atoms with Crippen molar-refractivity contribution in [1.29, 1.82) is 0 Å². The molecule has 0 bridgehead atoms. The summed E-state index contributed by atoms with van der Waals surface area (Å²) in [6, 6.07) is 39.7. The predicted molar refractivity (Wildman–Crippen MR) is 249 cm³/mol. The summed E-state index contributed by atoms with van der Waals surface area (Å²) in [5.74, 6) is 0. The highest BCUT2D eigenvalue weighted by molar-refractivity contribution is 5.91. The molecule has 5 aromatic rings. The normalized spacial score (nSPS) is 20.7. The molecule has 0 atom stereocenters. The van der Waals surface area contributed by atoms with E-state index in [0.29, 0.717) is 0 Å². The first-order chi connectivity index (χ1) is 28.2. The van der Waals surface area contributed by atoms with Gasteiger partial charge in [0.05, 0.1) is 0 Å². The van der Waals surface area contributed by atoms with Gasteiger partial charge in [0.25, 0.3) is 0 Å². The van der Waals surface area contributed by atoms with E-state index in [1.807, 2.05) is 0 Å². The Morgan fingerprint density at radius 1 is 0.517 bits per heavy atom. The topological polar surface area (TPSA) is 6.48 Å². The number of allylic oxidation sites excluding steroid dienone is 5. The van der Waals surface area contributed by atoms with Gasteiger partial charge in [-0.25, -0.2) is 0 Å². The maximum absolute atomic E-state index is 2.49. The van der Waals surface area contributed by atoms with Crippen molar-refractivity contribution >= 4 is 46.6 Å². The van der Waals surface area contributed by atoms with Gasteiger partial charge in [0.2, 0.25) is 0 Å². The van der Waals surface area contributed by atoms with Gasteiger partial charge in [0, 0.05) is 53.1 Å². The summed E-state index contributed by atoms with van der Waals surface area (Å²) in [6.45, 7) is 7.09. The highest BCUT2D eigenvalue weighted by atomic mass is 15.1. The average molecular weight is 759 g/mol. The number of fused-ring (bicyclic) bond motifs is 9. The Bertz CT molecular complexity index is 2540. The van der Waals surface area contributed by atoms with E-state index in [1.165, 1.54) is 135 Å². The van der Waals surface area contributed by atoms with Gasteiger partial charge >= 0.3 is 0 Å². The van der Waals surface area contributed by atoms with Crippen molar-refractivity contribution in [3.05, 3.63) is 177 Å². The fourth-order valence-electron chi connectivity index (χ4n) is 12.0. The Kier molecular flexibility index (Phi) is 9.04. The van der Waals surface area contributed by atoms with Crippen LogP contribution in [0.25, 0.3) is 23.8 Å². The molecule has 58 heavy (non-hydrogen) atoms. The largest absolute Gasteiger partial charge is 0.344 e. The molecular formula is C56H58N2. The van der Waals surface area contributed by atoms with Crippen LogP contribution in [0.3, 0.4) is 0 Å². The number of hydrogen-bond acceptors (Lipinski definition) is 2. The van der Waals surface area contributed by atoms with Gasteiger partial charge in [-0.1, -0.05) is 162 Å². The second-order valence-electron chi connectivity index (χ2n) is 18.3. The Hall–Kier alpha value is -5.34. The predicted octanol–water partition coefficient (Wildman–Crippen LogP) is 14.9. The molecular weight excluding hydrogens is 701 g/mol. The Morgan fingerprint density at radius 2 is 1.00 bits per heavy atom. The van der Waals surface area contributed by atoms with E-state index in [-0.39, 0.29) is 16.2 Å². The second-order valence-corrected chi connectivity index (χ2v) is 18.3. The van der Waals surface area contributed by atoms with Crippen LogP contribution in [0.1, 0.15) is 135 Å². The van der Waals surface area contributed by atoms with E-state index in [2.05, 4.69) is 184 Å². The van der Waals surface area contributed by atoms with Crippen LogP contribution in [-0.2, 0) is 16.2 Å². The van der Waals surface area contributed by atoms with Crippen LogP contribution in [0, 0.1) is 0 Å². The Morgan fingerprint density at radius 3 is 1.55 bits per heavy atom. The molecule has 0 N–H and O–H groups in total. The highest BCUT2D eigenvalue weighted by Crippen LogP contribution is 2.58. The summed E-state index contributed by atoms with van der Waals surface area (Å²) in [5.41, 5.74) is 21.2. The first-order valence-corrected chi connectivity index (χ1v) is 22.1. The minimum atomic E-state index is -0.0803. The molecule has 2 spiro atoms. The molecule has 0 saturated heterocycles. The number of anilines is 4. The second kappa shape index (κ2) is 14.2. The van der Waals surface area contributed by atoms with Crippen molar-refractivity contribution < 1.29 is 0 Å². The van der Waals surface area contributed by atoms with Crippen LogP contribution >= 0.6 is 0 Å². The summed E-state index contributed by atoms with van der Waals surface area (Å²) in [7, 11) is 4.49. The van der Waals surface area contributed by atoms with Crippen molar-refractivity contribution in [2.75, 3.05) is 23.9 Å². The number of rotatable bonds is 6. The van der Waals surface area contributed by atoms with E-state index >= 15 is 0 Å². The number of nitrogens with zero attached hydrogens (tertiary/aromatic N) is 2. The molecule has 5 aliphatic rings. The van der Waals surface area contributed by atoms with Gasteiger partial charge in [0.1, 0.15) is 0 Å². The molecule has 0 amide bonds. The van der Waals surface area contributed by atoms with Crippen LogP contribution < -0.4 is 9.80 Å². The van der Waals surface area contributed by atoms with Crippen LogP contribution in [0.2, 0.25) is 0 Å². The van der Waals surface area contributed by atoms with Crippen molar-refractivity contribution in [3.63, 3.8) is 0 Å². The molecule has 0 unspecified atom stereocenters. The van der Waals surface area contributed by atoms with Crippen LogP contribution in [0.5, 0.6) is 0 Å². The van der Waals surface area contributed by atoms with Crippen molar-refractivity contribution in [1.82, 2.24) is 0 Å². The van der Waals surface area contributed by atoms with Gasteiger partial charge in [-0.05, 0) is 124 Å². The Labute approximate surface area is 347 Å². The lowest BCUT2D eigenvalue weighted by Gasteiger charge is -2.42. The van der Waals surface area contributed by atoms with Gasteiger partial charge < -0.3 is 9.80 Å². The van der Waals surface area contributed by atoms with E-state index in [9.17, 15) is 0 Å². The molecule has 2 heterocycles. The standard InChI is InChI=1S/C56H58N2/c1-6-17-42-43-29-26-40(24-25-41-28-31-48-53(38-41)58(5)51-23-12-10-21-46(51)56(48)34-15-16-35-56)36-49(43)54(2,3)44(42)19-8-7-18-39-27-30-47-52(37-39)57(4)50-22-11-9-20-45(50)55(47)32-13-14-33-55/h7,9-12,17-31,36-38H,6,8,13-16,32-35H2,1-5H3/b18-7+,25-24+,42-17-,44-19+. The van der Waals surface area contributed by atoms with Crippen molar-refractivity contribution in [2.24, 2.45) is 0 Å². The molecule has 2 heteroatoms. The molecule has 0 radical (unpaired) electrons. The van der Waals surface area contributed by atoms with Crippen LogP contribution in [0.15, 0.2) is 127 Å². The smallest absolute Gasteiger partial charge is 0.0455 e. The van der Waals surface area contributed by atoms with Crippen molar-refractivity contribution in [3.8, 4) is 0 Å². The van der Waals surface area contributed by atoms with Crippen molar-refractivity contribution in [2.45, 2.75) is 101 Å². The fourth-order valence-corrected chi connectivity index (χ4v) is 12.0. The van der Waals surface area contributed by atoms with E-state index in [4.69, 9.17) is 0 Å². The minimum absolute atomic E-state index is 0.0803. The van der Waals surface area contributed by atoms with Gasteiger partial charge in [-0.3, -0.25) is 0 Å². The lowest BCUT2D eigenvalue weighted by atomic mass is 9.69. The van der Waals surface area contributed by atoms with Crippen LogP contribution in [0.4, 0.5) is 22.7 Å². The quantitative estimate of drug-likeness (QED) is 0.159. The molecule has 3 aliphatic carbocycles. The summed E-state index contributed by atoms with van der Waals surface area (Å²) in [4.78, 5) is 4.84. The molecule has 2 aliphatic heterocycles. The van der Waals surface area contributed by atoms with Gasteiger partial charge in [-0.2, -0.15) is 0 Å². The maximum Gasteiger partial charge on any atom is 0.0455 e. The summed E-state index contributed by atoms with van der Waals surface area (Å²) >= 11 is 0. The molecule has 292 valence electrons. The first kappa shape index (κ1) is 37.0. The number of hydrogen-bond donors (Lipinski definition) is 0. The lowest BCUT2D eigenvalue weighted by Crippen LogP contribution is -2.33. The molecule has 5 aromatic carbocycles. The van der Waals surface area contributed by atoms with E-state index in [1.54, 1.807) is 0 Å². The molecule has 2 fully saturated rings. The highest BCUT2D eigenvalue weighted by Gasteiger charge is 2.45. The zero-order valence-electron chi connectivity index (χ0n) is 35.2.